The summed E-state index contributed by atoms with van der Waals surface area (Å²) in [6.07, 6.45) is 0.721. The highest BCUT2D eigenvalue weighted by Gasteiger charge is 2.17. The summed E-state index contributed by atoms with van der Waals surface area (Å²) in [6.45, 7) is 6.72. The van der Waals surface area contributed by atoms with E-state index in [0.29, 0.717) is 12.5 Å². The van der Waals surface area contributed by atoms with Crippen LogP contribution in [-0.4, -0.2) is 29.4 Å². The summed E-state index contributed by atoms with van der Waals surface area (Å²) in [6, 6.07) is 0. The molecule has 0 aliphatic rings. The Kier molecular flexibility index (Phi) is 7.01. The first-order valence-electron chi connectivity index (χ1n) is 5.05. The van der Waals surface area contributed by atoms with Crippen LogP contribution < -0.4 is 5.32 Å². The van der Waals surface area contributed by atoms with Crippen LogP contribution in [0.4, 0.5) is 0 Å². The summed E-state index contributed by atoms with van der Waals surface area (Å²) < 4.78 is 0. The van der Waals surface area contributed by atoms with Crippen LogP contribution >= 0.6 is 12.6 Å². The zero-order valence-electron chi connectivity index (χ0n) is 9.16. The number of hydrogen-bond donors (Lipinski definition) is 3. The fourth-order valence-corrected chi connectivity index (χ4v) is 1.10. The molecule has 2 unspecified atom stereocenters. The van der Waals surface area contributed by atoms with Gasteiger partial charge in [0.15, 0.2) is 0 Å². The Bertz CT molecular complexity index is 174. The monoisotopic (exact) mass is 219 g/mol. The Morgan fingerprint density at radius 1 is 1.43 bits per heavy atom. The molecule has 0 aliphatic carbocycles. The van der Waals surface area contributed by atoms with Gasteiger partial charge < -0.3 is 10.4 Å². The maximum Gasteiger partial charge on any atom is 0.233 e. The number of aliphatic hydroxyl groups excluding tert-OH is 1. The predicted molar refractivity (Wildman–Crippen MR) is 61.5 cm³/mol. The zero-order chi connectivity index (χ0) is 11.1. The molecule has 4 heteroatoms. The second-order valence-corrected chi connectivity index (χ2v) is 4.61. The van der Waals surface area contributed by atoms with E-state index in [-0.39, 0.29) is 23.7 Å². The first-order chi connectivity index (χ1) is 6.49. The largest absolute Gasteiger partial charge is 0.396 e. The molecule has 0 spiro atoms. The summed E-state index contributed by atoms with van der Waals surface area (Å²) in [7, 11) is 0. The summed E-state index contributed by atoms with van der Waals surface area (Å²) in [4.78, 5) is 11.4. The number of thiol groups is 1. The quantitative estimate of drug-likeness (QED) is 0.585. The van der Waals surface area contributed by atoms with Crippen molar-refractivity contribution in [2.45, 2.75) is 32.4 Å². The highest BCUT2D eigenvalue weighted by molar-refractivity contribution is 7.81. The Morgan fingerprint density at radius 3 is 2.43 bits per heavy atom. The number of aliphatic hydroxyl groups is 1. The minimum Gasteiger partial charge on any atom is -0.396 e. The van der Waals surface area contributed by atoms with Gasteiger partial charge >= 0.3 is 0 Å². The van der Waals surface area contributed by atoms with E-state index in [1.807, 2.05) is 20.8 Å². The molecule has 0 heterocycles. The molecule has 1 amide bonds. The molecule has 0 saturated heterocycles. The Hall–Kier alpha value is -0.220. The molecule has 0 aromatic carbocycles. The second-order valence-electron chi connectivity index (χ2n) is 4.05. The molecule has 2 atom stereocenters. The summed E-state index contributed by atoms with van der Waals surface area (Å²) in [5, 5.41) is 11.3. The van der Waals surface area contributed by atoms with Crippen molar-refractivity contribution in [2.24, 2.45) is 11.8 Å². The number of carbonyl (C=O) groups excluding carboxylic acids is 1. The van der Waals surface area contributed by atoms with E-state index in [1.54, 1.807) is 0 Å². The average Bonchev–Trinajstić information content (AvgIpc) is 2.13. The van der Waals surface area contributed by atoms with Gasteiger partial charge in [-0.25, -0.2) is 0 Å². The van der Waals surface area contributed by atoms with Crippen molar-refractivity contribution in [3.63, 3.8) is 0 Å². The summed E-state index contributed by atoms with van der Waals surface area (Å²) in [5.41, 5.74) is 0. The molecule has 0 aromatic heterocycles. The van der Waals surface area contributed by atoms with Gasteiger partial charge in [-0.15, -0.1) is 0 Å². The molecule has 2 N–H and O–H groups in total. The van der Waals surface area contributed by atoms with Gasteiger partial charge in [0.1, 0.15) is 0 Å². The molecule has 84 valence electrons. The van der Waals surface area contributed by atoms with Gasteiger partial charge in [-0.2, -0.15) is 12.6 Å². The molecular formula is C10H21NO2S. The van der Waals surface area contributed by atoms with Gasteiger partial charge in [0, 0.05) is 13.2 Å². The van der Waals surface area contributed by atoms with Crippen molar-refractivity contribution in [1.82, 2.24) is 5.32 Å². The molecule has 0 saturated carbocycles. The van der Waals surface area contributed by atoms with E-state index < -0.39 is 0 Å². The van der Waals surface area contributed by atoms with Crippen LogP contribution in [0, 0.1) is 11.8 Å². The molecule has 3 nitrogen and oxygen atoms in total. The lowest BCUT2D eigenvalue weighted by Crippen LogP contribution is -2.37. The van der Waals surface area contributed by atoms with E-state index in [0.717, 1.165) is 6.42 Å². The van der Waals surface area contributed by atoms with Crippen molar-refractivity contribution >= 4 is 18.5 Å². The van der Waals surface area contributed by atoms with Gasteiger partial charge in [0.25, 0.3) is 0 Å². The van der Waals surface area contributed by atoms with Crippen LogP contribution in [0.3, 0.4) is 0 Å². The number of carbonyl (C=O) groups is 1. The van der Waals surface area contributed by atoms with Gasteiger partial charge in [-0.3, -0.25) is 4.79 Å². The lowest BCUT2D eigenvalue weighted by molar-refractivity contribution is -0.121. The zero-order valence-corrected chi connectivity index (χ0v) is 10.1. The molecule has 0 aromatic rings. The van der Waals surface area contributed by atoms with Gasteiger partial charge in [-0.05, 0) is 18.3 Å². The third kappa shape index (κ3) is 5.50. The number of nitrogens with one attached hydrogen (secondary N) is 1. The smallest absolute Gasteiger partial charge is 0.233 e. The number of rotatable bonds is 6. The standard InChI is InChI=1S/C10H21NO2S/c1-7(2)9(14)10(13)11-6-8(3)4-5-12/h7-9,12,14H,4-6H2,1-3H3,(H,11,13). The van der Waals surface area contributed by atoms with Crippen LogP contribution in [-0.2, 0) is 4.79 Å². The highest BCUT2D eigenvalue weighted by Crippen LogP contribution is 2.08. The van der Waals surface area contributed by atoms with Gasteiger partial charge in [0.2, 0.25) is 5.91 Å². The van der Waals surface area contributed by atoms with E-state index in [9.17, 15) is 4.79 Å². The lowest BCUT2D eigenvalue weighted by atomic mass is 10.1. The van der Waals surface area contributed by atoms with Crippen molar-refractivity contribution in [2.75, 3.05) is 13.2 Å². The summed E-state index contributed by atoms with van der Waals surface area (Å²) in [5.74, 6) is 0.538. The third-order valence-corrected chi connectivity index (χ3v) is 2.98. The minimum atomic E-state index is -0.240. The van der Waals surface area contributed by atoms with Crippen molar-refractivity contribution in [3.8, 4) is 0 Å². The van der Waals surface area contributed by atoms with Crippen molar-refractivity contribution in [1.29, 1.82) is 0 Å². The van der Waals surface area contributed by atoms with E-state index in [4.69, 9.17) is 5.11 Å². The summed E-state index contributed by atoms with van der Waals surface area (Å²) >= 11 is 4.21. The first kappa shape index (κ1) is 13.8. The van der Waals surface area contributed by atoms with E-state index in [2.05, 4.69) is 17.9 Å². The Labute approximate surface area is 91.7 Å². The molecule has 14 heavy (non-hydrogen) atoms. The molecular weight excluding hydrogens is 198 g/mol. The van der Waals surface area contributed by atoms with Crippen LogP contribution in [0.2, 0.25) is 0 Å². The average molecular weight is 219 g/mol. The number of amides is 1. The normalized spacial score (nSPS) is 15.3. The predicted octanol–water partition coefficient (Wildman–Crippen LogP) is 1.08. The fourth-order valence-electron chi connectivity index (χ4n) is 1.00. The lowest BCUT2D eigenvalue weighted by Gasteiger charge is -2.16. The molecule has 0 rings (SSSR count). The number of hydrogen-bond acceptors (Lipinski definition) is 3. The molecule has 0 radical (unpaired) electrons. The Balaban J connectivity index is 3.73. The second kappa shape index (κ2) is 7.12. The maximum atomic E-state index is 11.4. The van der Waals surface area contributed by atoms with E-state index in [1.165, 1.54) is 0 Å². The van der Waals surface area contributed by atoms with Crippen molar-refractivity contribution in [3.05, 3.63) is 0 Å². The highest BCUT2D eigenvalue weighted by atomic mass is 32.1. The first-order valence-corrected chi connectivity index (χ1v) is 5.57. The Morgan fingerprint density at radius 2 is 2.00 bits per heavy atom. The van der Waals surface area contributed by atoms with Crippen LogP contribution in [0.15, 0.2) is 0 Å². The molecule has 0 fully saturated rings. The fraction of sp³-hybridized carbons (Fsp3) is 0.900. The van der Waals surface area contributed by atoms with Gasteiger partial charge in [-0.1, -0.05) is 20.8 Å². The maximum absolute atomic E-state index is 11.4. The van der Waals surface area contributed by atoms with Crippen LogP contribution in [0.1, 0.15) is 27.2 Å². The molecule has 0 bridgehead atoms. The van der Waals surface area contributed by atoms with Gasteiger partial charge in [0.05, 0.1) is 5.25 Å². The topological polar surface area (TPSA) is 49.3 Å². The van der Waals surface area contributed by atoms with Crippen LogP contribution in [0.25, 0.3) is 0 Å². The van der Waals surface area contributed by atoms with E-state index >= 15 is 0 Å². The van der Waals surface area contributed by atoms with Crippen LogP contribution in [0.5, 0.6) is 0 Å². The SMILES string of the molecule is CC(CCO)CNC(=O)C(S)C(C)C. The minimum absolute atomic E-state index is 0.0203. The molecule has 0 aliphatic heterocycles. The van der Waals surface area contributed by atoms with Crippen molar-refractivity contribution < 1.29 is 9.90 Å². The third-order valence-electron chi connectivity index (χ3n) is 2.15.